The third-order valence-electron chi connectivity index (χ3n) is 1.77. The zero-order chi connectivity index (χ0) is 10.0. The Morgan fingerprint density at radius 2 is 2.23 bits per heavy atom. The molecule has 0 amide bonds. The Morgan fingerprint density at radius 3 is 2.69 bits per heavy atom. The lowest BCUT2D eigenvalue weighted by molar-refractivity contribution is 0.170. The first-order valence-electron chi connectivity index (χ1n) is 4.24. The molecule has 1 heterocycles. The van der Waals surface area contributed by atoms with Crippen LogP contribution in [0.1, 0.15) is 18.4 Å². The molecule has 1 atom stereocenters. The fourth-order valence-electron chi connectivity index (χ4n) is 1.25. The van der Waals surface area contributed by atoms with Crippen LogP contribution in [-0.2, 0) is 6.54 Å². The normalized spacial score (nSPS) is 12.9. The van der Waals surface area contributed by atoms with Gasteiger partial charge in [0.15, 0.2) is 0 Å². The number of hydrogen-bond acceptors (Lipinski definition) is 3. The maximum absolute atomic E-state index is 11.4. The molecular weight excluding hydrogens is 168 g/mol. The highest BCUT2D eigenvalue weighted by Gasteiger charge is 2.04. The monoisotopic (exact) mass is 182 g/mol. The SMILES string of the molecule is Cc1cc(=O)n(C[C@@H](C)O)c(C)n1. The van der Waals surface area contributed by atoms with Crippen molar-refractivity contribution in [2.75, 3.05) is 0 Å². The first-order valence-corrected chi connectivity index (χ1v) is 4.24. The number of aliphatic hydroxyl groups excluding tert-OH is 1. The van der Waals surface area contributed by atoms with Crippen LogP contribution in [0, 0.1) is 13.8 Å². The van der Waals surface area contributed by atoms with Gasteiger partial charge in [-0.3, -0.25) is 9.36 Å². The number of rotatable bonds is 2. The first kappa shape index (κ1) is 9.92. The molecule has 0 saturated heterocycles. The van der Waals surface area contributed by atoms with E-state index in [0.717, 1.165) is 0 Å². The van der Waals surface area contributed by atoms with E-state index in [4.69, 9.17) is 5.11 Å². The number of nitrogens with zero attached hydrogens (tertiary/aromatic N) is 2. The maximum Gasteiger partial charge on any atom is 0.253 e. The molecule has 0 fully saturated rings. The van der Waals surface area contributed by atoms with Crippen LogP contribution in [0.4, 0.5) is 0 Å². The van der Waals surface area contributed by atoms with Gasteiger partial charge in [0.25, 0.3) is 5.56 Å². The van der Waals surface area contributed by atoms with Crippen molar-refractivity contribution < 1.29 is 5.11 Å². The van der Waals surface area contributed by atoms with Crippen molar-refractivity contribution in [2.45, 2.75) is 33.4 Å². The second-order valence-electron chi connectivity index (χ2n) is 3.24. The summed E-state index contributed by atoms with van der Waals surface area (Å²) >= 11 is 0. The van der Waals surface area contributed by atoms with Gasteiger partial charge in [-0.05, 0) is 20.8 Å². The van der Waals surface area contributed by atoms with Gasteiger partial charge in [-0.15, -0.1) is 0 Å². The highest BCUT2D eigenvalue weighted by Crippen LogP contribution is 1.95. The standard InChI is InChI=1S/C9H14N2O2/c1-6-4-9(13)11(5-7(2)12)8(3)10-6/h4,7,12H,5H2,1-3H3/t7-/m1/s1. The fraction of sp³-hybridized carbons (Fsp3) is 0.556. The van der Waals surface area contributed by atoms with Crippen molar-refractivity contribution in [3.05, 3.63) is 27.9 Å². The van der Waals surface area contributed by atoms with Crippen molar-refractivity contribution in [3.63, 3.8) is 0 Å². The van der Waals surface area contributed by atoms with Crippen molar-refractivity contribution in [3.8, 4) is 0 Å². The predicted molar refractivity (Wildman–Crippen MR) is 49.7 cm³/mol. The quantitative estimate of drug-likeness (QED) is 0.712. The number of hydrogen-bond donors (Lipinski definition) is 1. The average Bonchev–Trinajstić information content (AvgIpc) is 1.96. The molecule has 0 aliphatic carbocycles. The molecule has 0 bridgehead atoms. The minimum Gasteiger partial charge on any atom is -0.392 e. The van der Waals surface area contributed by atoms with Crippen molar-refractivity contribution in [1.82, 2.24) is 9.55 Å². The number of aromatic nitrogens is 2. The van der Waals surface area contributed by atoms with Crippen LogP contribution in [0.2, 0.25) is 0 Å². The molecule has 0 aromatic carbocycles. The molecule has 0 unspecified atom stereocenters. The minimum atomic E-state index is -0.527. The third kappa shape index (κ3) is 2.39. The Bertz CT molecular complexity index is 355. The molecule has 1 rings (SSSR count). The van der Waals surface area contributed by atoms with Crippen LogP contribution in [0.5, 0.6) is 0 Å². The summed E-state index contributed by atoms with van der Waals surface area (Å²) in [5.41, 5.74) is 0.607. The molecule has 0 radical (unpaired) electrons. The zero-order valence-electron chi connectivity index (χ0n) is 8.11. The summed E-state index contributed by atoms with van der Waals surface area (Å²) in [5, 5.41) is 9.14. The molecule has 13 heavy (non-hydrogen) atoms. The lowest BCUT2D eigenvalue weighted by Gasteiger charge is -2.10. The van der Waals surface area contributed by atoms with E-state index in [9.17, 15) is 4.79 Å². The molecule has 4 nitrogen and oxygen atoms in total. The third-order valence-corrected chi connectivity index (χ3v) is 1.77. The van der Waals surface area contributed by atoms with Gasteiger partial charge in [-0.1, -0.05) is 0 Å². The summed E-state index contributed by atoms with van der Waals surface area (Å²) in [7, 11) is 0. The molecule has 0 saturated carbocycles. The summed E-state index contributed by atoms with van der Waals surface area (Å²) in [5.74, 6) is 0.644. The van der Waals surface area contributed by atoms with Crippen LogP contribution in [0.15, 0.2) is 10.9 Å². The average molecular weight is 182 g/mol. The Morgan fingerprint density at radius 1 is 1.62 bits per heavy atom. The lowest BCUT2D eigenvalue weighted by atomic mass is 10.3. The van der Waals surface area contributed by atoms with E-state index in [1.165, 1.54) is 10.6 Å². The Kier molecular flexibility index (Phi) is 2.83. The summed E-state index contributed by atoms with van der Waals surface area (Å²) in [6.07, 6.45) is -0.527. The van der Waals surface area contributed by atoms with Gasteiger partial charge in [0.1, 0.15) is 5.82 Å². The van der Waals surface area contributed by atoms with E-state index in [1.807, 2.05) is 0 Å². The van der Waals surface area contributed by atoms with Crippen molar-refractivity contribution >= 4 is 0 Å². The van der Waals surface area contributed by atoms with Gasteiger partial charge in [0.05, 0.1) is 12.6 Å². The summed E-state index contributed by atoms with van der Waals surface area (Å²) in [6, 6.07) is 1.47. The van der Waals surface area contributed by atoms with Gasteiger partial charge < -0.3 is 5.11 Å². The smallest absolute Gasteiger partial charge is 0.253 e. The summed E-state index contributed by atoms with van der Waals surface area (Å²) < 4.78 is 1.47. The largest absolute Gasteiger partial charge is 0.392 e. The fourth-order valence-corrected chi connectivity index (χ4v) is 1.25. The van der Waals surface area contributed by atoms with Crippen LogP contribution < -0.4 is 5.56 Å². The highest BCUT2D eigenvalue weighted by atomic mass is 16.3. The van der Waals surface area contributed by atoms with Gasteiger partial charge in [0.2, 0.25) is 0 Å². The van der Waals surface area contributed by atoms with Crippen molar-refractivity contribution in [1.29, 1.82) is 0 Å². The molecule has 0 spiro atoms. The van der Waals surface area contributed by atoms with E-state index < -0.39 is 6.10 Å². The van der Waals surface area contributed by atoms with Gasteiger partial charge in [0, 0.05) is 11.8 Å². The van der Waals surface area contributed by atoms with E-state index >= 15 is 0 Å². The topological polar surface area (TPSA) is 55.1 Å². The predicted octanol–water partition coefficient (Wildman–Crippen LogP) is 0.241. The van der Waals surface area contributed by atoms with Gasteiger partial charge in [-0.25, -0.2) is 4.98 Å². The number of aryl methyl sites for hydroxylation is 2. The zero-order valence-corrected chi connectivity index (χ0v) is 8.11. The van der Waals surface area contributed by atoms with Crippen molar-refractivity contribution in [2.24, 2.45) is 0 Å². The van der Waals surface area contributed by atoms with E-state index in [1.54, 1.807) is 20.8 Å². The molecule has 0 aliphatic rings. The molecule has 1 aromatic rings. The van der Waals surface area contributed by atoms with Gasteiger partial charge in [-0.2, -0.15) is 0 Å². The Balaban J connectivity index is 3.14. The number of aliphatic hydroxyl groups is 1. The molecule has 1 N–H and O–H groups in total. The second-order valence-corrected chi connectivity index (χ2v) is 3.24. The van der Waals surface area contributed by atoms with E-state index in [2.05, 4.69) is 4.98 Å². The summed E-state index contributed by atoms with van der Waals surface area (Å²) in [6.45, 7) is 5.49. The van der Waals surface area contributed by atoms with Crippen LogP contribution in [0.25, 0.3) is 0 Å². The maximum atomic E-state index is 11.4. The van der Waals surface area contributed by atoms with Crippen LogP contribution in [0.3, 0.4) is 0 Å². The second kappa shape index (κ2) is 3.70. The van der Waals surface area contributed by atoms with Crippen LogP contribution in [-0.4, -0.2) is 20.8 Å². The molecule has 1 aromatic heterocycles. The van der Waals surface area contributed by atoms with Gasteiger partial charge >= 0.3 is 0 Å². The molecule has 72 valence electrons. The molecule has 0 aliphatic heterocycles. The Hall–Kier alpha value is -1.16. The molecular formula is C9H14N2O2. The summed E-state index contributed by atoms with van der Waals surface area (Å²) in [4.78, 5) is 15.5. The molecule has 4 heteroatoms. The minimum absolute atomic E-state index is 0.106. The highest BCUT2D eigenvalue weighted by molar-refractivity contribution is 5.01. The van der Waals surface area contributed by atoms with Crippen LogP contribution >= 0.6 is 0 Å². The lowest BCUT2D eigenvalue weighted by Crippen LogP contribution is -2.27. The Labute approximate surface area is 76.9 Å². The van der Waals surface area contributed by atoms with E-state index in [0.29, 0.717) is 18.1 Å². The van der Waals surface area contributed by atoms with E-state index in [-0.39, 0.29) is 5.56 Å². The first-order chi connectivity index (χ1) is 6.00.